The summed E-state index contributed by atoms with van der Waals surface area (Å²) in [7, 11) is 0. The van der Waals surface area contributed by atoms with Crippen LogP contribution in [0.25, 0.3) is 0 Å². The molecule has 0 saturated heterocycles. The standard InChI is InChI=1S/C9H10ClNO/c1-2-3-6-12-8-4-5-9(10)11-7-8/h2-5,7H,6H2,1H3. The van der Waals surface area contributed by atoms with Crippen molar-refractivity contribution in [3.05, 3.63) is 35.6 Å². The molecule has 0 unspecified atom stereocenters. The van der Waals surface area contributed by atoms with Gasteiger partial charge < -0.3 is 4.74 Å². The highest BCUT2D eigenvalue weighted by Crippen LogP contribution is 2.11. The molecule has 0 aliphatic rings. The average molecular weight is 184 g/mol. The number of ether oxygens (including phenoxy) is 1. The van der Waals surface area contributed by atoms with E-state index < -0.39 is 0 Å². The maximum absolute atomic E-state index is 5.59. The minimum atomic E-state index is 0.480. The maximum Gasteiger partial charge on any atom is 0.138 e. The van der Waals surface area contributed by atoms with Gasteiger partial charge in [0, 0.05) is 0 Å². The number of halogens is 1. The lowest BCUT2D eigenvalue weighted by Crippen LogP contribution is -1.93. The summed E-state index contributed by atoms with van der Waals surface area (Å²) < 4.78 is 5.29. The molecule has 3 heteroatoms. The highest BCUT2D eigenvalue weighted by molar-refractivity contribution is 6.29. The van der Waals surface area contributed by atoms with E-state index in [2.05, 4.69) is 4.98 Å². The fourth-order valence-corrected chi connectivity index (χ4v) is 0.800. The molecule has 0 atom stereocenters. The van der Waals surface area contributed by atoms with Gasteiger partial charge in [-0.2, -0.15) is 0 Å². The lowest BCUT2D eigenvalue weighted by atomic mass is 10.4. The van der Waals surface area contributed by atoms with Crippen molar-refractivity contribution in [2.24, 2.45) is 0 Å². The summed E-state index contributed by atoms with van der Waals surface area (Å²) in [4.78, 5) is 3.87. The summed E-state index contributed by atoms with van der Waals surface area (Å²) in [6.07, 6.45) is 5.46. The zero-order valence-corrected chi connectivity index (χ0v) is 7.58. The molecular weight excluding hydrogens is 174 g/mol. The molecule has 0 saturated carbocycles. The number of pyridine rings is 1. The Bertz CT molecular complexity index is 256. The van der Waals surface area contributed by atoms with Crippen LogP contribution in [0.2, 0.25) is 5.15 Å². The molecule has 0 bridgehead atoms. The molecule has 1 rings (SSSR count). The van der Waals surface area contributed by atoms with Crippen molar-refractivity contribution in [3.63, 3.8) is 0 Å². The normalized spacial score (nSPS) is 10.5. The monoisotopic (exact) mass is 183 g/mol. The van der Waals surface area contributed by atoms with Gasteiger partial charge in [-0.05, 0) is 19.1 Å². The van der Waals surface area contributed by atoms with Crippen LogP contribution in [0.5, 0.6) is 5.75 Å². The van der Waals surface area contributed by atoms with E-state index >= 15 is 0 Å². The molecule has 0 aromatic carbocycles. The second-order valence-electron chi connectivity index (χ2n) is 2.20. The van der Waals surface area contributed by atoms with Crippen molar-refractivity contribution >= 4 is 11.6 Å². The van der Waals surface area contributed by atoms with Crippen molar-refractivity contribution in [2.45, 2.75) is 6.92 Å². The summed E-state index contributed by atoms with van der Waals surface area (Å²) in [5.41, 5.74) is 0. The van der Waals surface area contributed by atoms with Crippen LogP contribution < -0.4 is 4.74 Å². The van der Waals surface area contributed by atoms with Crippen molar-refractivity contribution in [1.82, 2.24) is 4.98 Å². The van der Waals surface area contributed by atoms with Crippen LogP contribution in [0.3, 0.4) is 0 Å². The number of allylic oxidation sites excluding steroid dienone is 1. The zero-order chi connectivity index (χ0) is 8.81. The molecule has 0 radical (unpaired) electrons. The topological polar surface area (TPSA) is 22.1 Å². The van der Waals surface area contributed by atoms with E-state index in [0.29, 0.717) is 11.8 Å². The number of aromatic nitrogens is 1. The molecule has 0 fully saturated rings. The van der Waals surface area contributed by atoms with Crippen LogP contribution in [0.4, 0.5) is 0 Å². The molecule has 64 valence electrons. The Morgan fingerprint density at radius 1 is 1.58 bits per heavy atom. The van der Waals surface area contributed by atoms with Gasteiger partial charge in [-0.15, -0.1) is 0 Å². The number of nitrogens with zero attached hydrogens (tertiary/aromatic N) is 1. The molecule has 1 aromatic rings. The zero-order valence-electron chi connectivity index (χ0n) is 6.83. The lowest BCUT2D eigenvalue weighted by molar-refractivity contribution is 0.361. The summed E-state index contributed by atoms with van der Waals surface area (Å²) in [6, 6.07) is 3.49. The summed E-state index contributed by atoms with van der Waals surface area (Å²) in [5.74, 6) is 0.734. The Morgan fingerprint density at radius 3 is 3.00 bits per heavy atom. The summed E-state index contributed by atoms with van der Waals surface area (Å²) in [5, 5.41) is 0.480. The second kappa shape index (κ2) is 4.78. The number of rotatable bonds is 3. The van der Waals surface area contributed by atoms with Crippen molar-refractivity contribution in [1.29, 1.82) is 0 Å². The first-order valence-electron chi connectivity index (χ1n) is 3.68. The Kier molecular flexibility index (Phi) is 3.61. The summed E-state index contributed by atoms with van der Waals surface area (Å²) >= 11 is 5.59. The molecule has 1 aromatic heterocycles. The largest absolute Gasteiger partial charge is 0.488 e. The fourth-order valence-electron chi connectivity index (χ4n) is 0.688. The second-order valence-corrected chi connectivity index (χ2v) is 2.58. The van der Waals surface area contributed by atoms with Gasteiger partial charge in [-0.3, -0.25) is 0 Å². The van der Waals surface area contributed by atoms with E-state index in [1.54, 1.807) is 18.3 Å². The minimum Gasteiger partial charge on any atom is -0.488 e. The fraction of sp³-hybridized carbons (Fsp3) is 0.222. The molecule has 0 spiro atoms. The van der Waals surface area contributed by atoms with Crippen molar-refractivity contribution in [2.75, 3.05) is 6.61 Å². The lowest BCUT2D eigenvalue weighted by Gasteiger charge is -2.00. The van der Waals surface area contributed by atoms with E-state index in [4.69, 9.17) is 16.3 Å². The van der Waals surface area contributed by atoms with E-state index in [-0.39, 0.29) is 0 Å². The first-order valence-corrected chi connectivity index (χ1v) is 4.06. The predicted octanol–water partition coefficient (Wildman–Crippen LogP) is 2.69. The Morgan fingerprint density at radius 2 is 2.42 bits per heavy atom. The van der Waals surface area contributed by atoms with Crippen LogP contribution in [0.1, 0.15) is 6.92 Å². The van der Waals surface area contributed by atoms with Crippen molar-refractivity contribution in [3.8, 4) is 5.75 Å². The first kappa shape index (κ1) is 9.07. The Labute approximate surface area is 76.8 Å². The smallest absolute Gasteiger partial charge is 0.138 e. The van der Waals surface area contributed by atoms with Gasteiger partial charge in [-0.25, -0.2) is 4.98 Å². The number of hydrogen-bond donors (Lipinski definition) is 0. The van der Waals surface area contributed by atoms with Crippen LogP contribution in [-0.2, 0) is 0 Å². The van der Waals surface area contributed by atoms with Crippen LogP contribution in [0, 0.1) is 0 Å². The number of hydrogen-bond acceptors (Lipinski definition) is 2. The molecule has 2 nitrogen and oxygen atoms in total. The third kappa shape index (κ3) is 2.93. The van der Waals surface area contributed by atoms with Gasteiger partial charge in [-0.1, -0.05) is 23.8 Å². The van der Waals surface area contributed by atoms with E-state index in [0.717, 1.165) is 5.75 Å². The predicted molar refractivity (Wildman–Crippen MR) is 49.6 cm³/mol. The average Bonchev–Trinajstić information content (AvgIpc) is 2.09. The quantitative estimate of drug-likeness (QED) is 0.531. The molecule has 1 heterocycles. The van der Waals surface area contributed by atoms with Gasteiger partial charge >= 0.3 is 0 Å². The highest BCUT2D eigenvalue weighted by Gasteiger charge is 1.91. The molecule has 0 N–H and O–H groups in total. The van der Waals surface area contributed by atoms with Gasteiger partial charge in [0.15, 0.2) is 0 Å². The molecular formula is C9H10ClNO. The highest BCUT2D eigenvalue weighted by atomic mass is 35.5. The van der Waals surface area contributed by atoms with Crippen molar-refractivity contribution < 1.29 is 4.74 Å². The third-order valence-corrected chi connectivity index (χ3v) is 1.51. The van der Waals surface area contributed by atoms with Gasteiger partial charge in [0.25, 0.3) is 0 Å². The van der Waals surface area contributed by atoms with E-state index in [9.17, 15) is 0 Å². The molecule has 0 amide bonds. The molecule has 0 aliphatic heterocycles. The SMILES string of the molecule is CC=CCOc1ccc(Cl)nc1. The van der Waals surface area contributed by atoms with E-state index in [1.807, 2.05) is 19.1 Å². The van der Waals surface area contributed by atoms with Gasteiger partial charge in [0.05, 0.1) is 6.20 Å². The van der Waals surface area contributed by atoms with Gasteiger partial charge in [0.1, 0.15) is 17.5 Å². The molecule has 0 aliphatic carbocycles. The maximum atomic E-state index is 5.59. The van der Waals surface area contributed by atoms with Crippen LogP contribution in [0.15, 0.2) is 30.5 Å². The minimum absolute atomic E-state index is 0.480. The van der Waals surface area contributed by atoms with Crippen LogP contribution in [-0.4, -0.2) is 11.6 Å². The van der Waals surface area contributed by atoms with Gasteiger partial charge in [0.2, 0.25) is 0 Å². The summed E-state index contributed by atoms with van der Waals surface area (Å²) in [6.45, 7) is 2.52. The Balaban J connectivity index is 2.47. The third-order valence-electron chi connectivity index (χ3n) is 1.28. The van der Waals surface area contributed by atoms with E-state index in [1.165, 1.54) is 0 Å². The Hall–Kier alpha value is -1.02. The molecule has 12 heavy (non-hydrogen) atoms. The van der Waals surface area contributed by atoms with Crippen LogP contribution >= 0.6 is 11.6 Å². The first-order chi connectivity index (χ1) is 5.83.